The summed E-state index contributed by atoms with van der Waals surface area (Å²) >= 11 is 1.95. The molecule has 2 heteroatoms. The molecule has 0 amide bonds. The predicted octanol–water partition coefficient (Wildman–Crippen LogP) is 3.15. The molecule has 78 valence electrons. The summed E-state index contributed by atoms with van der Waals surface area (Å²) in [5.41, 5.74) is 6.39. The van der Waals surface area contributed by atoms with Crippen molar-refractivity contribution in [2.24, 2.45) is 11.1 Å². The highest BCUT2D eigenvalue weighted by molar-refractivity contribution is 7.12. The second kappa shape index (κ2) is 3.35. The topological polar surface area (TPSA) is 26.0 Å². The van der Waals surface area contributed by atoms with E-state index < -0.39 is 0 Å². The Morgan fingerprint density at radius 1 is 1.43 bits per heavy atom. The minimum atomic E-state index is 0.328. The molecule has 1 aromatic heterocycles. The van der Waals surface area contributed by atoms with E-state index in [0.717, 1.165) is 0 Å². The van der Waals surface area contributed by atoms with Crippen molar-refractivity contribution in [1.29, 1.82) is 0 Å². The number of thiophene rings is 1. The first-order valence-corrected chi connectivity index (χ1v) is 6.23. The zero-order valence-corrected chi connectivity index (χ0v) is 10.0. The van der Waals surface area contributed by atoms with Gasteiger partial charge in [0.1, 0.15) is 0 Å². The van der Waals surface area contributed by atoms with Crippen LogP contribution in [0.3, 0.4) is 0 Å². The Morgan fingerprint density at radius 2 is 2.07 bits per heavy atom. The van der Waals surface area contributed by atoms with Crippen molar-refractivity contribution in [2.75, 3.05) is 0 Å². The minimum absolute atomic E-state index is 0.328. The monoisotopic (exact) mass is 209 g/mol. The maximum atomic E-state index is 6.07. The van der Waals surface area contributed by atoms with E-state index in [-0.39, 0.29) is 0 Å². The Balaban J connectivity index is 2.12. The Kier molecular flexibility index (Phi) is 2.44. The third-order valence-electron chi connectivity index (χ3n) is 3.40. The Hall–Kier alpha value is -0.340. The lowest BCUT2D eigenvalue weighted by atomic mass is 10.1. The van der Waals surface area contributed by atoms with Gasteiger partial charge in [-0.15, -0.1) is 11.3 Å². The van der Waals surface area contributed by atoms with Crippen LogP contribution in [0.25, 0.3) is 0 Å². The molecule has 0 aliphatic heterocycles. The van der Waals surface area contributed by atoms with Gasteiger partial charge in [0.2, 0.25) is 0 Å². The number of rotatable bonds is 3. The van der Waals surface area contributed by atoms with E-state index in [1.165, 1.54) is 22.6 Å². The Bertz CT molecular complexity index is 327. The van der Waals surface area contributed by atoms with Crippen molar-refractivity contribution < 1.29 is 0 Å². The van der Waals surface area contributed by atoms with Gasteiger partial charge in [-0.2, -0.15) is 0 Å². The molecule has 1 aromatic rings. The number of hydrogen-bond acceptors (Lipinski definition) is 2. The predicted molar refractivity (Wildman–Crippen MR) is 62.8 cm³/mol. The summed E-state index contributed by atoms with van der Waals surface area (Å²) in [6.45, 7) is 6.76. The molecule has 2 atom stereocenters. The zero-order chi connectivity index (χ0) is 10.3. The molecule has 2 N–H and O–H groups in total. The summed E-state index contributed by atoms with van der Waals surface area (Å²) in [6, 6.07) is 4.91. The van der Waals surface area contributed by atoms with E-state index in [0.29, 0.717) is 17.4 Å². The number of nitrogens with two attached hydrogens (primary N) is 1. The van der Waals surface area contributed by atoms with Gasteiger partial charge in [-0.3, -0.25) is 0 Å². The van der Waals surface area contributed by atoms with Gasteiger partial charge in [0.15, 0.2) is 0 Å². The highest BCUT2D eigenvalue weighted by Gasteiger charge is 2.56. The van der Waals surface area contributed by atoms with E-state index in [2.05, 4.69) is 32.9 Å². The van der Waals surface area contributed by atoms with E-state index in [1.54, 1.807) is 0 Å². The van der Waals surface area contributed by atoms with Gasteiger partial charge >= 0.3 is 0 Å². The van der Waals surface area contributed by atoms with Crippen LogP contribution in [0.5, 0.6) is 0 Å². The van der Waals surface area contributed by atoms with Crippen LogP contribution in [0.4, 0.5) is 0 Å². The van der Waals surface area contributed by atoms with Crippen molar-refractivity contribution >= 4 is 11.3 Å². The lowest BCUT2D eigenvalue weighted by molar-refractivity contribution is 0.601. The standard InChI is InChI=1S/C12H19NS/c1-4-5-8-6-7-9(14-8)10-11(13)12(10,2)3/h6-7,10-11H,4-5,13H2,1-3H3/t10-,11-/m0/s1. The minimum Gasteiger partial charge on any atom is -0.327 e. The zero-order valence-electron chi connectivity index (χ0n) is 9.21. The maximum Gasteiger partial charge on any atom is 0.0180 e. The third-order valence-corrected chi connectivity index (χ3v) is 4.62. The van der Waals surface area contributed by atoms with Crippen molar-refractivity contribution in [3.05, 3.63) is 21.9 Å². The first-order chi connectivity index (χ1) is 6.57. The van der Waals surface area contributed by atoms with E-state index >= 15 is 0 Å². The van der Waals surface area contributed by atoms with Crippen LogP contribution < -0.4 is 5.73 Å². The lowest BCUT2D eigenvalue weighted by Gasteiger charge is -1.98. The molecule has 14 heavy (non-hydrogen) atoms. The largest absolute Gasteiger partial charge is 0.327 e. The van der Waals surface area contributed by atoms with Gasteiger partial charge in [0, 0.05) is 21.7 Å². The average molecular weight is 209 g/mol. The fourth-order valence-electron chi connectivity index (χ4n) is 2.16. The van der Waals surface area contributed by atoms with Crippen molar-refractivity contribution in [3.8, 4) is 0 Å². The molecule has 1 aliphatic rings. The molecule has 0 saturated heterocycles. The summed E-state index contributed by atoms with van der Waals surface area (Å²) in [6.07, 6.45) is 2.45. The lowest BCUT2D eigenvalue weighted by Crippen LogP contribution is -2.06. The van der Waals surface area contributed by atoms with E-state index in [4.69, 9.17) is 5.73 Å². The highest BCUT2D eigenvalue weighted by Crippen LogP contribution is 2.58. The molecule has 0 unspecified atom stereocenters. The van der Waals surface area contributed by atoms with E-state index in [1.807, 2.05) is 11.3 Å². The highest BCUT2D eigenvalue weighted by atomic mass is 32.1. The molecule has 2 rings (SSSR count). The summed E-state index contributed by atoms with van der Waals surface area (Å²) in [5.74, 6) is 0.609. The molecule has 0 radical (unpaired) electrons. The van der Waals surface area contributed by atoms with Crippen LogP contribution in [0, 0.1) is 5.41 Å². The van der Waals surface area contributed by atoms with E-state index in [9.17, 15) is 0 Å². The van der Waals surface area contributed by atoms with Gasteiger partial charge in [-0.25, -0.2) is 0 Å². The van der Waals surface area contributed by atoms with Crippen LogP contribution in [-0.4, -0.2) is 6.04 Å². The summed E-state index contributed by atoms with van der Waals surface area (Å²) < 4.78 is 0. The Labute approximate surface area is 90.3 Å². The van der Waals surface area contributed by atoms with Crippen molar-refractivity contribution in [1.82, 2.24) is 0 Å². The molecule has 0 bridgehead atoms. The van der Waals surface area contributed by atoms with Crippen molar-refractivity contribution in [3.63, 3.8) is 0 Å². The number of hydrogen-bond donors (Lipinski definition) is 1. The van der Waals surface area contributed by atoms with Crippen LogP contribution in [0.15, 0.2) is 12.1 Å². The second-order valence-electron chi connectivity index (χ2n) is 4.88. The van der Waals surface area contributed by atoms with Gasteiger partial charge in [0.25, 0.3) is 0 Å². The summed E-state index contributed by atoms with van der Waals surface area (Å²) in [4.78, 5) is 3.00. The fourth-order valence-corrected chi connectivity index (χ4v) is 3.62. The average Bonchev–Trinajstić information content (AvgIpc) is 2.52. The normalized spacial score (nSPS) is 29.1. The molecule has 1 heterocycles. The molecular weight excluding hydrogens is 190 g/mol. The molecule has 0 spiro atoms. The van der Waals surface area contributed by atoms with Crippen molar-refractivity contribution in [2.45, 2.75) is 45.6 Å². The summed E-state index contributed by atoms with van der Waals surface area (Å²) in [5, 5.41) is 0. The molecule has 1 nitrogen and oxygen atoms in total. The quantitative estimate of drug-likeness (QED) is 0.813. The van der Waals surface area contributed by atoms with Crippen LogP contribution in [0.2, 0.25) is 0 Å². The van der Waals surface area contributed by atoms with Gasteiger partial charge in [0.05, 0.1) is 0 Å². The first kappa shape index (κ1) is 10.2. The molecular formula is C12H19NS. The van der Waals surface area contributed by atoms with Gasteiger partial charge < -0.3 is 5.73 Å². The molecule has 1 aliphatic carbocycles. The SMILES string of the molecule is CCCc1ccc([C@H]2[C@H](N)C2(C)C)s1. The third kappa shape index (κ3) is 1.51. The smallest absolute Gasteiger partial charge is 0.0180 e. The van der Waals surface area contributed by atoms with Gasteiger partial charge in [-0.1, -0.05) is 27.2 Å². The summed E-state index contributed by atoms with van der Waals surface area (Å²) in [7, 11) is 0. The van der Waals surface area contributed by atoms with Crippen LogP contribution >= 0.6 is 11.3 Å². The maximum absolute atomic E-state index is 6.07. The van der Waals surface area contributed by atoms with Gasteiger partial charge in [-0.05, 0) is 24.0 Å². The fraction of sp³-hybridized carbons (Fsp3) is 0.667. The second-order valence-corrected chi connectivity index (χ2v) is 6.08. The van der Waals surface area contributed by atoms with Crippen LogP contribution in [0.1, 0.15) is 42.9 Å². The molecule has 1 fully saturated rings. The number of aryl methyl sites for hydroxylation is 1. The van der Waals surface area contributed by atoms with Crippen LogP contribution in [-0.2, 0) is 6.42 Å². The molecule has 0 aromatic carbocycles. The Morgan fingerprint density at radius 3 is 2.57 bits per heavy atom. The first-order valence-electron chi connectivity index (χ1n) is 5.41. The molecule has 1 saturated carbocycles.